The van der Waals surface area contributed by atoms with E-state index in [9.17, 15) is 59.4 Å². The monoisotopic (exact) mass is 725 g/mol. The Morgan fingerprint density at radius 2 is 1.50 bits per heavy atom. The molecule has 0 radical (unpaired) electrons. The van der Waals surface area contributed by atoms with Crippen molar-refractivity contribution < 1.29 is 73.6 Å². The zero-order chi connectivity index (χ0) is 38.7. The molecule has 1 aromatic rings. The van der Waals surface area contributed by atoms with Crippen LogP contribution in [-0.2, 0) is 38.2 Å². The quantitative estimate of drug-likeness (QED) is 0.0610. The largest absolute Gasteiger partial charge is 0.511 e. The highest BCUT2D eigenvalue weighted by Gasteiger charge is 2.64. The second-order valence-corrected chi connectivity index (χ2v) is 12.8. The topological polar surface area (TPSA) is 278 Å². The van der Waals surface area contributed by atoms with Crippen molar-refractivity contribution in [3.05, 3.63) is 82.9 Å². The van der Waals surface area contributed by atoms with Gasteiger partial charge in [-0.2, -0.15) is 0 Å². The van der Waals surface area contributed by atoms with Gasteiger partial charge in [0.2, 0.25) is 5.78 Å². The van der Waals surface area contributed by atoms with Crippen molar-refractivity contribution in [3.8, 4) is 5.75 Å². The molecule has 1 aromatic carbocycles. The molecule has 0 unspecified atom stereocenters. The Labute approximate surface area is 296 Å². The van der Waals surface area contributed by atoms with Crippen LogP contribution in [0, 0.1) is 11.8 Å². The second kappa shape index (κ2) is 15.3. The molecule has 0 fully saturated rings. The summed E-state index contributed by atoms with van der Waals surface area (Å²) < 4.78 is 15.0. The maximum atomic E-state index is 13.9. The number of hydrogen-bond acceptors (Lipinski definition) is 15. The molecule has 0 saturated carbocycles. The van der Waals surface area contributed by atoms with Crippen LogP contribution in [0.3, 0.4) is 0 Å². The lowest BCUT2D eigenvalue weighted by atomic mass is 9.56. The van der Waals surface area contributed by atoms with E-state index in [0.29, 0.717) is 0 Å². The highest BCUT2D eigenvalue weighted by molar-refractivity contribution is 6.24. The van der Waals surface area contributed by atoms with Crippen molar-refractivity contribution in [2.24, 2.45) is 17.6 Å². The van der Waals surface area contributed by atoms with E-state index in [4.69, 9.17) is 19.9 Å². The first-order valence-electron chi connectivity index (χ1n) is 16.0. The van der Waals surface area contributed by atoms with Crippen LogP contribution < -0.4 is 5.73 Å². The molecule has 0 bridgehead atoms. The molecule has 0 aromatic heterocycles. The Morgan fingerprint density at radius 3 is 2.02 bits per heavy atom. The number of hydrogen-bond donors (Lipinski definition) is 7. The Morgan fingerprint density at radius 1 is 0.962 bits per heavy atom. The summed E-state index contributed by atoms with van der Waals surface area (Å²) >= 11 is 0. The normalized spacial score (nSPS) is 24.1. The van der Waals surface area contributed by atoms with Crippen molar-refractivity contribution in [1.82, 2.24) is 0 Å². The molecule has 0 spiro atoms. The number of allylic oxidation sites excluding steroid dienone is 1. The number of esters is 3. The molecular formula is C36H39NO15. The number of benzene rings is 1. The molecule has 52 heavy (non-hydrogen) atoms. The van der Waals surface area contributed by atoms with E-state index >= 15 is 0 Å². The molecule has 3 aliphatic carbocycles. The van der Waals surface area contributed by atoms with Crippen LogP contribution in [0.4, 0.5) is 0 Å². The summed E-state index contributed by atoms with van der Waals surface area (Å²) in [7, 11) is 0. The van der Waals surface area contributed by atoms with Crippen LogP contribution in [0.15, 0.2) is 66.2 Å². The van der Waals surface area contributed by atoms with Crippen molar-refractivity contribution >= 4 is 41.5 Å². The first kappa shape index (κ1) is 39.2. The summed E-state index contributed by atoms with van der Waals surface area (Å²) in [6.07, 6.45) is 2.04. The summed E-state index contributed by atoms with van der Waals surface area (Å²) in [5.74, 6) is -12.3. The number of rotatable bonds is 14. The van der Waals surface area contributed by atoms with Gasteiger partial charge in [-0.15, -0.1) is 13.2 Å². The Bertz CT molecular complexity index is 1790. The molecule has 0 saturated heterocycles. The number of primary amides is 1. The minimum absolute atomic E-state index is 0.0240. The van der Waals surface area contributed by atoms with Crippen LogP contribution in [0.5, 0.6) is 5.75 Å². The van der Waals surface area contributed by atoms with Crippen LogP contribution in [0.1, 0.15) is 60.0 Å². The average Bonchev–Trinajstić information content (AvgIpc) is 3.08. The van der Waals surface area contributed by atoms with Crippen molar-refractivity contribution in [3.63, 3.8) is 0 Å². The zero-order valence-electron chi connectivity index (χ0n) is 28.1. The number of Topliss-reactive ketones (excluding diaryl/α,β-unsaturated/α-hetero) is 2. The smallest absolute Gasteiger partial charge is 0.309 e. The molecule has 3 aliphatic rings. The third-order valence-corrected chi connectivity index (χ3v) is 9.24. The first-order valence-corrected chi connectivity index (χ1v) is 16.0. The number of aliphatic hydroxyl groups is 5. The fourth-order valence-electron chi connectivity index (χ4n) is 6.61. The molecule has 1 amide bonds. The van der Waals surface area contributed by atoms with E-state index in [1.54, 1.807) is 6.92 Å². The molecule has 4 rings (SSSR count). The van der Waals surface area contributed by atoms with E-state index < -0.39 is 132 Å². The minimum atomic E-state index is -2.98. The fourth-order valence-corrected chi connectivity index (χ4v) is 6.61. The third-order valence-electron chi connectivity index (χ3n) is 9.24. The number of ketones is 2. The van der Waals surface area contributed by atoms with Crippen LogP contribution in [0.25, 0.3) is 6.08 Å². The van der Waals surface area contributed by atoms with E-state index in [-0.39, 0.29) is 29.5 Å². The summed E-state index contributed by atoms with van der Waals surface area (Å²) in [5.41, 5.74) is -1.45. The van der Waals surface area contributed by atoms with Crippen LogP contribution in [0.2, 0.25) is 0 Å². The lowest BCUT2D eigenvalue weighted by molar-refractivity contribution is -0.174. The Hall–Kier alpha value is -5.58. The number of aromatic hydroxyl groups is 1. The first-order chi connectivity index (χ1) is 24.4. The molecule has 0 aliphatic heterocycles. The average molecular weight is 726 g/mol. The van der Waals surface area contributed by atoms with Gasteiger partial charge in [0, 0.05) is 29.4 Å². The fraction of sp³-hybridized carbons (Fsp3) is 0.389. The molecule has 16 heteroatoms. The predicted molar refractivity (Wildman–Crippen MR) is 178 cm³/mol. The van der Waals surface area contributed by atoms with Gasteiger partial charge in [0.05, 0.1) is 30.9 Å². The molecule has 16 nitrogen and oxygen atoms in total. The SMILES string of the molecule is C=CCC(=O)OCC(O)(COC(=O)CC=C)COC(=O)C/C=C/c1ccc2c(c1O)C(=O)C1=C(O)[C@]3(O)C(=O)C(C(N)=O)=C(O)C[C@@H]3[C@@H](O)[C@@H]1[C@H]2C. The predicted octanol–water partition coefficient (Wildman–Crippen LogP) is 1.03. The van der Waals surface area contributed by atoms with Crippen LogP contribution >= 0.6 is 0 Å². The number of phenolic OH excluding ortho intramolecular Hbond substituents is 1. The number of carbonyl (C=O) groups excluding carboxylic acids is 6. The Kier molecular flexibility index (Phi) is 11.6. The van der Waals surface area contributed by atoms with Gasteiger partial charge < -0.3 is 50.6 Å². The number of carbonyl (C=O) groups is 6. The van der Waals surface area contributed by atoms with Gasteiger partial charge in [0.15, 0.2) is 17.0 Å². The Balaban J connectivity index is 1.54. The molecule has 8 N–H and O–H groups in total. The van der Waals surface area contributed by atoms with Gasteiger partial charge in [0.25, 0.3) is 5.91 Å². The summed E-state index contributed by atoms with van der Waals surface area (Å²) in [6, 6.07) is 2.90. The number of fused-ring (bicyclic) bond motifs is 3. The highest BCUT2D eigenvalue weighted by atomic mass is 16.6. The van der Waals surface area contributed by atoms with Crippen molar-refractivity contribution in [2.75, 3.05) is 19.8 Å². The second-order valence-electron chi connectivity index (χ2n) is 12.8. The third kappa shape index (κ3) is 7.26. The standard InChI is InChI=1S/C36H39NO15/c1-4-7-22(39)50-14-35(48,15-51-23(40)8-5-2)16-52-24(41)10-6-9-18-11-12-19-17(3)25-28(31(44)26(19)29(18)42)33(46)36(49)20(30(25)43)13-21(38)27(32(36)45)34(37)47/h4-6,9,11-12,17,20,25,30,38,42-43,46,48-49H,1-2,7-8,10,13-16H2,3H3,(H2,37,47)/b9-6+/t17-,20+,25+,30+,36+/m0/s1. The highest BCUT2D eigenvalue weighted by Crippen LogP contribution is 2.55. The summed E-state index contributed by atoms with van der Waals surface area (Å²) in [6.45, 7) is 6.29. The number of nitrogens with two attached hydrogens (primary N) is 1. The minimum Gasteiger partial charge on any atom is -0.511 e. The van der Waals surface area contributed by atoms with Crippen molar-refractivity contribution in [1.29, 1.82) is 0 Å². The molecule has 278 valence electrons. The van der Waals surface area contributed by atoms with Gasteiger partial charge >= 0.3 is 17.9 Å². The van der Waals surface area contributed by atoms with Gasteiger partial charge in [-0.1, -0.05) is 43.4 Å². The van der Waals surface area contributed by atoms with Crippen molar-refractivity contribution in [2.45, 2.75) is 55.8 Å². The number of ether oxygens (including phenoxy) is 3. The number of aliphatic hydroxyl groups excluding tert-OH is 3. The summed E-state index contributed by atoms with van der Waals surface area (Å²) in [4.78, 5) is 75.1. The van der Waals surface area contributed by atoms with E-state index in [1.165, 1.54) is 36.4 Å². The van der Waals surface area contributed by atoms with E-state index in [0.717, 1.165) is 0 Å². The summed E-state index contributed by atoms with van der Waals surface area (Å²) in [5, 5.41) is 66.5. The zero-order valence-corrected chi connectivity index (χ0v) is 28.1. The molecule has 0 heterocycles. The maximum absolute atomic E-state index is 13.9. The lowest BCUT2D eigenvalue weighted by Crippen LogP contribution is -2.62. The van der Waals surface area contributed by atoms with Gasteiger partial charge in [-0.25, -0.2) is 0 Å². The maximum Gasteiger partial charge on any atom is 0.309 e. The molecule has 5 atom stereocenters. The van der Waals surface area contributed by atoms with E-state index in [2.05, 4.69) is 13.2 Å². The van der Waals surface area contributed by atoms with E-state index in [1.807, 2.05) is 0 Å². The van der Waals surface area contributed by atoms with Gasteiger partial charge in [-0.05, 0) is 11.5 Å². The van der Waals surface area contributed by atoms with Crippen LogP contribution in [-0.4, -0.2) is 103 Å². The molecular weight excluding hydrogens is 686 g/mol. The van der Waals surface area contributed by atoms with Gasteiger partial charge in [0.1, 0.15) is 42.7 Å². The lowest BCUT2D eigenvalue weighted by Gasteiger charge is -2.50. The number of amides is 1. The number of phenols is 1. The van der Waals surface area contributed by atoms with Gasteiger partial charge in [-0.3, -0.25) is 28.8 Å².